The van der Waals surface area contributed by atoms with Gasteiger partial charge in [0.2, 0.25) is 0 Å². The van der Waals surface area contributed by atoms with Crippen molar-refractivity contribution in [3.05, 3.63) is 89.8 Å². The second-order valence-corrected chi connectivity index (χ2v) is 17.1. The molecule has 1 aromatic heterocycles. The number of rotatable bonds is 4. The van der Waals surface area contributed by atoms with E-state index in [-0.39, 0.29) is 5.41 Å². The highest BCUT2D eigenvalue weighted by Crippen LogP contribution is 2.55. The molecule has 1 radical (unpaired) electrons. The molecular formula is C34H37S2Si. The van der Waals surface area contributed by atoms with Gasteiger partial charge in [-0.25, -0.2) is 0 Å². The second-order valence-electron chi connectivity index (χ2n) is 12.0. The van der Waals surface area contributed by atoms with Gasteiger partial charge >= 0.3 is 0 Å². The van der Waals surface area contributed by atoms with Gasteiger partial charge in [0.25, 0.3) is 0 Å². The van der Waals surface area contributed by atoms with E-state index in [1.807, 2.05) is 11.3 Å². The average Bonchev–Trinajstić information content (AvgIpc) is 3.55. The van der Waals surface area contributed by atoms with E-state index in [0.29, 0.717) is 11.2 Å². The van der Waals surface area contributed by atoms with Gasteiger partial charge in [0.05, 0.1) is 14.0 Å². The van der Waals surface area contributed by atoms with Crippen molar-refractivity contribution in [1.82, 2.24) is 0 Å². The summed E-state index contributed by atoms with van der Waals surface area (Å²) in [6, 6.07) is 16.3. The molecule has 3 aliphatic rings. The van der Waals surface area contributed by atoms with E-state index in [9.17, 15) is 0 Å². The van der Waals surface area contributed by atoms with Crippen molar-refractivity contribution in [3.63, 3.8) is 0 Å². The van der Waals surface area contributed by atoms with Gasteiger partial charge in [-0.05, 0) is 86.0 Å². The molecule has 2 aliphatic carbocycles. The van der Waals surface area contributed by atoms with Crippen LogP contribution in [0.4, 0.5) is 0 Å². The van der Waals surface area contributed by atoms with Crippen LogP contribution < -0.4 is 14.9 Å². The largest absolute Gasteiger partial charge is 0.141 e. The first kappa shape index (κ1) is 25.2. The van der Waals surface area contributed by atoms with Crippen LogP contribution >= 0.6 is 23.1 Å². The molecule has 189 valence electrons. The highest BCUT2D eigenvalue weighted by atomic mass is 32.2. The van der Waals surface area contributed by atoms with E-state index in [4.69, 9.17) is 0 Å². The minimum absolute atomic E-state index is 0.170. The Labute approximate surface area is 232 Å². The topological polar surface area (TPSA) is 0 Å². The molecule has 0 fully saturated rings. The lowest BCUT2D eigenvalue weighted by atomic mass is 9.81. The Balaban J connectivity index is 1.52. The molecule has 1 aliphatic heterocycles. The van der Waals surface area contributed by atoms with Crippen molar-refractivity contribution in [2.24, 2.45) is 0 Å². The SMILES string of the molecule is CCC1=Cc2c(-c3ccc(C(C)(C)C)cc3)cccc2C1C1=C(C)SC2C=c3sc(C)c([Si](C)C)c3=C12. The van der Waals surface area contributed by atoms with Crippen LogP contribution in [0.1, 0.15) is 68.5 Å². The molecule has 0 amide bonds. The molecule has 2 unspecified atom stereocenters. The molecule has 2 heterocycles. The van der Waals surface area contributed by atoms with Gasteiger partial charge in [0.1, 0.15) is 0 Å². The van der Waals surface area contributed by atoms with Crippen LogP contribution in [0.5, 0.6) is 0 Å². The summed E-state index contributed by atoms with van der Waals surface area (Å²) in [5, 5.41) is 3.79. The number of thioether (sulfide) groups is 1. The van der Waals surface area contributed by atoms with Crippen LogP contribution in [-0.2, 0) is 5.41 Å². The molecule has 0 saturated carbocycles. The van der Waals surface area contributed by atoms with Crippen LogP contribution in [0, 0.1) is 6.92 Å². The van der Waals surface area contributed by atoms with E-state index in [2.05, 4.69) is 121 Å². The van der Waals surface area contributed by atoms with E-state index < -0.39 is 8.80 Å². The van der Waals surface area contributed by atoms with Crippen LogP contribution in [0.2, 0.25) is 13.1 Å². The highest BCUT2D eigenvalue weighted by molar-refractivity contribution is 8.04. The van der Waals surface area contributed by atoms with Crippen molar-refractivity contribution in [3.8, 4) is 11.1 Å². The molecule has 0 N–H and O–H groups in total. The summed E-state index contributed by atoms with van der Waals surface area (Å²) in [5.74, 6) is 0.373. The summed E-state index contributed by atoms with van der Waals surface area (Å²) in [7, 11) is -0.536. The van der Waals surface area contributed by atoms with Crippen molar-refractivity contribution < 1.29 is 0 Å². The number of thiophene rings is 1. The van der Waals surface area contributed by atoms with E-state index in [1.165, 1.54) is 37.3 Å². The predicted molar refractivity (Wildman–Crippen MR) is 169 cm³/mol. The summed E-state index contributed by atoms with van der Waals surface area (Å²) >= 11 is 4.12. The summed E-state index contributed by atoms with van der Waals surface area (Å²) in [4.78, 5) is 3.06. The third kappa shape index (κ3) is 3.92. The van der Waals surface area contributed by atoms with Gasteiger partial charge in [-0.15, -0.1) is 23.1 Å². The molecule has 3 heteroatoms. The Hall–Kier alpha value is -2.07. The zero-order valence-electron chi connectivity index (χ0n) is 23.4. The number of hydrogen-bond acceptors (Lipinski definition) is 2. The Morgan fingerprint density at radius 1 is 0.946 bits per heavy atom. The Bertz CT molecular complexity index is 1600. The maximum atomic E-state index is 2.57. The quantitative estimate of drug-likeness (QED) is 0.305. The van der Waals surface area contributed by atoms with E-state index >= 15 is 0 Å². The minimum Gasteiger partial charge on any atom is -0.141 e. The van der Waals surface area contributed by atoms with E-state index in [1.54, 1.807) is 32.0 Å². The molecule has 2 atom stereocenters. The first-order valence-electron chi connectivity index (χ1n) is 13.6. The third-order valence-corrected chi connectivity index (χ3v) is 12.4. The second kappa shape index (κ2) is 9.00. The smallest absolute Gasteiger partial charge is 0.0814 e. The summed E-state index contributed by atoms with van der Waals surface area (Å²) in [6.45, 7) is 18.9. The molecular weight excluding hydrogens is 501 g/mol. The summed E-state index contributed by atoms with van der Waals surface area (Å²) in [5.41, 5.74) is 12.0. The predicted octanol–water partition coefficient (Wildman–Crippen LogP) is 7.91. The zero-order valence-corrected chi connectivity index (χ0v) is 26.0. The normalized spacial score (nSPS) is 20.4. The Kier molecular flexibility index (Phi) is 6.13. The standard InChI is InChI=1S/C34H37S2Si/c1-9-21-17-26-24(22-13-15-23(16-14-22)34(4,5)6)11-10-12-25(26)30(21)29-19(2)35-27-18-28-32(31(27)29)33(37(7)8)20(3)36-28/h10-18,27,30H,9H2,1-8H3. The van der Waals surface area contributed by atoms with Gasteiger partial charge in [-0.1, -0.05) is 94.9 Å². The molecule has 0 nitrogen and oxygen atoms in total. The summed E-state index contributed by atoms with van der Waals surface area (Å²) in [6.07, 6.45) is 6.18. The van der Waals surface area contributed by atoms with E-state index in [0.717, 1.165) is 6.42 Å². The van der Waals surface area contributed by atoms with Crippen LogP contribution in [0.25, 0.3) is 28.9 Å². The van der Waals surface area contributed by atoms with Gasteiger partial charge in [0.15, 0.2) is 0 Å². The molecule has 3 aromatic rings. The van der Waals surface area contributed by atoms with Crippen molar-refractivity contribution in [1.29, 1.82) is 0 Å². The maximum absolute atomic E-state index is 2.57. The lowest BCUT2D eigenvalue weighted by Crippen LogP contribution is -2.42. The summed E-state index contributed by atoms with van der Waals surface area (Å²) < 4.78 is 1.53. The number of aryl methyl sites for hydroxylation is 1. The first-order chi connectivity index (χ1) is 17.6. The van der Waals surface area contributed by atoms with Crippen LogP contribution in [-0.4, -0.2) is 14.0 Å². The number of hydrogen-bond donors (Lipinski definition) is 0. The van der Waals surface area contributed by atoms with Gasteiger partial charge < -0.3 is 0 Å². The lowest BCUT2D eigenvalue weighted by Gasteiger charge is -2.22. The Morgan fingerprint density at radius 3 is 2.32 bits per heavy atom. The van der Waals surface area contributed by atoms with Crippen molar-refractivity contribution >= 4 is 54.8 Å². The molecule has 0 spiro atoms. The highest BCUT2D eigenvalue weighted by Gasteiger charge is 2.40. The fraction of sp³-hybridized carbons (Fsp3) is 0.353. The molecule has 0 bridgehead atoms. The number of allylic oxidation sites excluding steroid dienone is 3. The third-order valence-electron chi connectivity index (χ3n) is 8.35. The minimum atomic E-state index is -0.536. The molecule has 2 aromatic carbocycles. The van der Waals surface area contributed by atoms with Crippen molar-refractivity contribution in [2.45, 2.75) is 77.6 Å². The van der Waals surface area contributed by atoms with Gasteiger partial charge in [-0.3, -0.25) is 0 Å². The van der Waals surface area contributed by atoms with Crippen LogP contribution in [0.3, 0.4) is 0 Å². The monoisotopic (exact) mass is 537 g/mol. The van der Waals surface area contributed by atoms with Gasteiger partial charge in [-0.2, -0.15) is 0 Å². The molecule has 6 rings (SSSR count). The fourth-order valence-corrected chi connectivity index (χ4v) is 11.4. The first-order valence-corrected chi connectivity index (χ1v) is 17.8. The number of fused-ring (bicyclic) bond motifs is 3. The van der Waals surface area contributed by atoms with Gasteiger partial charge in [0, 0.05) is 15.3 Å². The Morgan fingerprint density at radius 2 is 1.68 bits per heavy atom. The number of benzene rings is 2. The zero-order chi connectivity index (χ0) is 26.2. The lowest BCUT2D eigenvalue weighted by molar-refractivity contribution is 0.590. The van der Waals surface area contributed by atoms with Crippen LogP contribution in [0.15, 0.2) is 58.5 Å². The maximum Gasteiger partial charge on any atom is 0.0814 e. The van der Waals surface area contributed by atoms with Crippen molar-refractivity contribution in [2.75, 3.05) is 0 Å². The fourth-order valence-electron chi connectivity index (χ4n) is 6.61. The molecule has 37 heavy (non-hydrogen) atoms. The average molecular weight is 538 g/mol. The molecule has 0 saturated heterocycles.